The van der Waals surface area contributed by atoms with E-state index < -0.39 is 0 Å². The van der Waals surface area contributed by atoms with Gasteiger partial charge in [0.15, 0.2) is 0 Å². The molecule has 2 rings (SSSR count). The zero-order chi connectivity index (χ0) is 11.4. The third kappa shape index (κ3) is 2.56. The summed E-state index contributed by atoms with van der Waals surface area (Å²) in [6.07, 6.45) is 3.16. The SMILES string of the molecule is O=C1COC(CO)CN1Cc1cccnc1. The van der Waals surface area contributed by atoms with Crippen LogP contribution in [0.3, 0.4) is 0 Å². The Hall–Kier alpha value is -1.46. The van der Waals surface area contributed by atoms with Crippen LogP contribution in [0, 0.1) is 0 Å². The van der Waals surface area contributed by atoms with Crippen LogP contribution in [0.25, 0.3) is 0 Å². The molecule has 1 N–H and O–H groups in total. The maximum atomic E-state index is 11.6. The van der Waals surface area contributed by atoms with Gasteiger partial charge in [0, 0.05) is 25.5 Å². The molecule has 86 valence electrons. The minimum atomic E-state index is -0.269. The maximum absolute atomic E-state index is 11.6. The summed E-state index contributed by atoms with van der Waals surface area (Å²) in [5, 5.41) is 8.99. The fraction of sp³-hybridized carbons (Fsp3) is 0.455. The fourth-order valence-electron chi connectivity index (χ4n) is 1.66. The van der Waals surface area contributed by atoms with E-state index in [1.54, 1.807) is 17.3 Å². The Kier molecular flexibility index (Phi) is 3.48. The molecule has 1 saturated heterocycles. The molecule has 1 unspecified atom stereocenters. The van der Waals surface area contributed by atoms with Gasteiger partial charge in [-0.2, -0.15) is 0 Å². The number of aliphatic hydroxyl groups excluding tert-OH is 1. The topological polar surface area (TPSA) is 62.7 Å². The molecule has 0 spiro atoms. The average Bonchev–Trinajstić information content (AvgIpc) is 2.33. The molecule has 1 aromatic heterocycles. The van der Waals surface area contributed by atoms with E-state index >= 15 is 0 Å². The summed E-state index contributed by atoms with van der Waals surface area (Å²) >= 11 is 0. The molecule has 0 bridgehead atoms. The van der Waals surface area contributed by atoms with Gasteiger partial charge in [-0.05, 0) is 11.6 Å². The molecular formula is C11H14N2O3. The molecular weight excluding hydrogens is 208 g/mol. The van der Waals surface area contributed by atoms with Crippen LogP contribution < -0.4 is 0 Å². The number of aliphatic hydroxyl groups is 1. The molecule has 5 nitrogen and oxygen atoms in total. The first-order valence-corrected chi connectivity index (χ1v) is 5.18. The summed E-state index contributed by atoms with van der Waals surface area (Å²) in [4.78, 5) is 17.2. The zero-order valence-corrected chi connectivity index (χ0v) is 8.87. The highest BCUT2D eigenvalue weighted by atomic mass is 16.5. The lowest BCUT2D eigenvalue weighted by Gasteiger charge is -2.31. The van der Waals surface area contributed by atoms with E-state index in [4.69, 9.17) is 9.84 Å². The number of hydrogen-bond acceptors (Lipinski definition) is 4. The van der Waals surface area contributed by atoms with E-state index in [0.717, 1.165) is 5.56 Å². The number of aromatic nitrogens is 1. The normalized spacial score (nSPS) is 21.2. The summed E-state index contributed by atoms with van der Waals surface area (Å²) < 4.78 is 5.15. The number of hydrogen-bond donors (Lipinski definition) is 1. The molecule has 16 heavy (non-hydrogen) atoms. The lowest BCUT2D eigenvalue weighted by molar-refractivity contribution is -0.151. The van der Waals surface area contributed by atoms with Gasteiger partial charge in [0.2, 0.25) is 5.91 Å². The molecule has 1 aliphatic heterocycles. The maximum Gasteiger partial charge on any atom is 0.248 e. The first kappa shape index (κ1) is 11.0. The van der Waals surface area contributed by atoms with Crippen molar-refractivity contribution >= 4 is 5.91 Å². The third-order valence-corrected chi connectivity index (χ3v) is 2.52. The van der Waals surface area contributed by atoms with Crippen molar-refractivity contribution in [3.63, 3.8) is 0 Å². The van der Waals surface area contributed by atoms with Crippen LogP contribution in [0.1, 0.15) is 5.56 Å². The van der Waals surface area contributed by atoms with E-state index in [9.17, 15) is 4.79 Å². The summed E-state index contributed by atoms with van der Waals surface area (Å²) in [7, 11) is 0. The predicted molar refractivity (Wildman–Crippen MR) is 56.5 cm³/mol. The fourth-order valence-corrected chi connectivity index (χ4v) is 1.66. The zero-order valence-electron chi connectivity index (χ0n) is 8.87. The molecule has 0 aliphatic carbocycles. The van der Waals surface area contributed by atoms with Crippen molar-refractivity contribution in [2.75, 3.05) is 19.8 Å². The Morgan fingerprint density at radius 1 is 1.62 bits per heavy atom. The Bertz CT molecular complexity index is 356. The number of carbonyl (C=O) groups is 1. The van der Waals surface area contributed by atoms with Gasteiger partial charge < -0.3 is 14.7 Å². The van der Waals surface area contributed by atoms with Crippen molar-refractivity contribution in [2.24, 2.45) is 0 Å². The minimum Gasteiger partial charge on any atom is -0.394 e. The molecule has 0 aromatic carbocycles. The number of nitrogens with zero attached hydrogens (tertiary/aromatic N) is 2. The van der Waals surface area contributed by atoms with Crippen LogP contribution in [0.4, 0.5) is 0 Å². The summed E-state index contributed by atoms with van der Waals surface area (Å²) in [5.41, 5.74) is 0.981. The highest BCUT2D eigenvalue weighted by Crippen LogP contribution is 2.10. The van der Waals surface area contributed by atoms with E-state index in [2.05, 4.69) is 4.98 Å². The Morgan fingerprint density at radius 2 is 2.50 bits per heavy atom. The quantitative estimate of drug-likeness (QED) is 0.769. The number of pyridine rings is 1. The van der Waals surface area contributed by atoms with Gasteiger partial charge in [0.25, 0.3) is 0 Å². The van der Waals surface area contributed by atoms with Gasteiger partial charge in [0.1, 0.15) is 6.61 Å². The molecule has 1 aromatic rings. The van der Waals surface area contributed by atoms with E-state index in [1.165, 1.54) is 0 Å². The van der Waals surface area contributed by atoms with Crippen LogP contribution >= 0.6 is 0 Å². The standard InChI is InChI=1S/C11H14N2O3/c14-7-10-6-13(11(15)8-16-10)5-9-2-1-3-12-4-9/h1-4,10,14H,5-8H2. The van der Waals surface area contributed by atoms with Gasteiger partial charge in [-0.15, -0.1) is 0 Å². The van der Waals surface area contributed by atoms with Gasteiger partial charge in [-0.3, -0.25) is 9.78 Å². The van der Waals surface area contributed by atoms with E-state index in [-0.39, 0.29) is 25.2 Å². The van der Waals surface area contributed by atoms with Crippen molar-refractivity contribution in [2.45, 2.75) is 12.6 Å². The van der Waals surface area contributed by atoms with E-state index in [0.29, 0.717) is 13.1 Å². The molecule has 1 aliphatic rings. The lowest BCUT2D eigenvalue weighted by Crippen LogP contribution is -2.47. The van der Waals surface area contributed by atoms with Crippen LogP contribution in [-0.2, 0) is 16.1 Å². The molecule has 5 heteroatoms. The largest absolute Gasteiger partial charge is 0.394 e. The van der Waals surface area contributed by atoms with Crippen molar-refractivity contribution in [1.29, 1.82) is 0 Å². The highest BCUT2D eigenvalue weighted by Gasteiger charge is 2.25. The van der Waals surface area contributed by atoms with Crippen molar-refractivity contribution in [3.05, 3.63) is 30.1 Å². The molecule has 0 saturated carbocycles. The minimum absolute atomic E-state index is 0.0471. The number of amides is 1. The van der Waals surface area contributed by atoms with Gasteiger partial charge in [-0.1, -0.05) is 6.07 Å². The number of carbonyl (C=O) groups excluding carboxylic acids is 1. The van der Waals surface area contributed by atoms with E-state index in [1.807, 2.05) is 12.1 Å². The monoisotopic (exact) mass is 222 g/mol. The van der Waals surface area contributed by atoms with Crippen molar-refractivity contribution < 1.29 is 14.6 Å². The second-order valence-electron chi connectivity index (χ2n) is 3.75. The molecule has 1 amide bonds. The number of rotatable bonds is 3. The van der Waals surface area contributed by atoms with Crippen LogP contribution in [0.5, 0.6) is 0 Å². The number of morpholine rings is 1. The van der Waals surface area contributed by atoms with Crippen LogP contribution in [0.15, 0.2) is 24.5 Å². The second kappa shape index (κ2) is 5.05. The van der Waals surface area contributed by atoms with Gasteiger partial charge in [0.05, 0.1) is 12.7 Å². The Labute approximate surface area is 93.7 Å². The summed E-state index contributed by atoms with van der Waals surface area (Å²) in [6, 6.07) is 3.76. The van der Waals surface area contributed by atoms with Gasteiger partial charge >= 0.3 is 0 Å². The first-order chi connectivity index (χ1) is 7.79. The smallest absolute Gasteiger partial charge is 0.248 e. The molecule has 0 radical (unpaired) electrons. The van der Waals surface area contributed by atoms with Gasteiger partial charge in [-0.25, -0.2) is 0 Å². The summed E-state index contributed by atoms with van der Waals surface area (Å²) in [5.74, 6) is -0.0476. The molecule has 1 fully saturated rings. The van der Waals surface area contributed by atoms with Crippen molar-refractivity contribution in [3.8, 4) is 0 Å². The average molecular weight is 222 g/mol. The lowest BCUT2D eigenvalue weighted by atomic mass is 10.2. The molecule has 1 atom stereocenters. The predicted octanol–water partition coefficient (Wildman–Crippen LogP) is -0.199. The first-order valence-electron chi connectivity index (χ1n) is 5.18. The van der Waals surface area contributed by atoms with Crippen LogP contribution in [0.2, 0.25) is 0 Å². The highest BCUT2D eigenvalue weighted by molar-refractivity contribution is 5.78. The number of ether oxygens (including phenoxy) is 1. The third-order valence-electron chi connectivity index (χ3n) is 2.52. The molecule has 2 heterocycles. The Morgan fingerprint density at radius 3 is 3.19 bits per heavy atom. The Balaban J connectivity index is 2.00. The van der Waals surface area contributed by atoms with Crippen molar-refractivity contribution in [1.82, 2.24) is 9.88 Å². The summed E-state index contributed by atoms with van der Waals surface area (Å²) in [6.45, 7) is 0.944. The second-order valence-corrected chi connectivity index (χ2v) is 3.75. The van der Waals surface area contributed by atoms with Crippen LogP contribution in [-0.4, -0.2) is 46.8 Å².